The molecular weight excluding hydrogens is 345 g/mol. The minimum Gasteiger partial charge on any atom is -0.326 e. The van der Waals surface area contributed by atoms with E-state index in [2.05, 4.69) is 10.4 Å². The first-order valence-corrected chi connectivity index (χ1v) is 8.50. The Morgan fingerprint density at radius 1 is 1.27 bits per heavy atom. The lowest BCUT2D eigenvalue weighted by Crippen LogP contribution is -2.51. The van der Waals surface area contributed by atoms with E-state index in [1.807, 2.05) is 6.92 Å². The predicted octanol–water partition coefficient (Wildman–Crippen LogP) is 3.74. The quantitative estimate of drug-likeness (QED) is 0.869. The number of hydrogen-bond donors (Lipinski definition) is 2. The Hall–Kier alpha value is -2.35. The number of nitrogens with one attached hydrogen (secondary N) is 1. The van der Waals surface area contributed by atoms with Gasteiger partial charge >= 0.3 is 6.18 Å². The molecule has 1 heterocycles. The Morgan fingerprint density at radius 2 is 1.96 bits per heavy atom. The van der Waals surface area contributed by atoms with Crippen molar-refractivity contribution in [2.45, 2.75) is 44.3 Å². The van der Waals surface area contributed by atoms with Gasteiger partial charge in [0.25, 0.3) is 0 Å². The molecule has 1 fully saturated rings. The Bertz CT molecular complexity index is 780. The predicted molar refractivity (Wildman–Crippen MR) is 91.7 cm³/mol. The van der Waals surface area contributed by atoms with Crippen LogP contribution in [0.3, 0.4) is 0 Å². The van der Waals surface area contributed by atoms with Gasteiger partial charge in [0.1, 0.15) is 5.69 Å². The van der Waals surface area contributed by atoms with Gasteiger partial charge < -0.3 is 11.1 Å². The fourth-order valence-corrected chi connectivity index (χ4v) is 3.43. The van der Waals surface area contributed by atoms with Crippen molar-refractivity contribution < 1.29 is 18.0 Å². The average molecular weight is 366 g/mol. The maximum Gasteiger partial charge on any atom is 0.433 e. The summed E-state index contributed by atoms with van der Waals surface area (Å²) in [5.41, 5.74) is 5.63. The van der Waals surface area contributed by atoms with Gasteiger partial charge in [0.15, 0.2) is 0 Å². The maximum absolute atomic E-state index is 13.0. The third-order valence-corrected chi connectivity index (χ3v) is 4.88. The van der Waals surface area contributed by atoms with Crippen LogP contribution in [0.15, 0.2) is 36.5 Å². The largest absolute Gasteiger partial charge is 0.433 e. The molecule has 1 aliphatic carbocycles. The number of halogens is 3. The Balaban J connectivity index is 1.74. The molecule has 2 atom stereocenters. The molecule has 3 N–H and O–H groups in total. The standard InChI is InChI=1S/C18H21F3N4O/c1-17(22)10-3-2-4-14(17)16(26)24-12-5-7-13(8-6-12)25-15(9-11-23-25)18(19,20)21/h5-9,11,14H,2-4,10,22H2,1H3,(H,24,26). The highest BCUT2D eigenvalue weighted by atomic mass is 19.4. The molecule has 0 aliphatic heterocycles. The fraction of sp³-hybridized carbons (Fsp3) is 0.444. The number of rotatable bonds is 3. The number of nitrogens with two attached hydrogens (primary N) is 1. The van der Waals surface area contributed by atoms with Crippen molar-refractivity contribution in [1.82, 2.24) is 9.78 Å². The van der Waals surface area contributed by atoms with Gasteiger partial charge in [0, 0.05) is 11.2 Å². The molecule has 1 saturated carbocycles. The van der Waals surface area contributed by atoms with Crippen molar-refractivity contribution in [3.63, 3.8) is 0 Å². The van der Waals surface area contributed by atoms with Crippen LogP contribution >= 0.6 is 0 Å². The molecule has 1 aromatic carbocycles. The summed E-state index contributed by atoms with van der Waals surface area (Å²) in [5, 5.41) is 6.54. The highest BCUT2D eigenvalue weighted by molar-refractivity contribution is 5.93. The van der Waals surface area contributed by atoms with Gasteiger partial charge in [-0.05, 0) is 50.1 Å². The molecule has 1 amide bonds. The molecule has 0 bridgehead atoms. The van der Waals surface area contributed by atoms with Crippen LogP contribution in [0.1, 0.15) is 38.3 Å². The minimum absolute atomic E-state index is 0.155. The second-order valence-corrected chi connectivity index (χ2v) is 6.97. The molecule has 2 aromatic rings. The van der Waals surface area contributed by atoms with E-state index in [9.17, 15) is 18.0 Å². The summed E-state index contributed by atoms with van der Waals surface area (Å²) >= 11 is 0. The molecular formula is C18H21F3N4O. The molecule has 1 aromatic heterocycles. The third-order valence-electron chi connectivity index (χ3n) is 4.88. The molecule has 1 aliphatic rings. The highest BCUT2D eigenvalue weighted by Gasteiger charge is 2.38. The van der Waals surface area contributed by atoms with Crippen molar-refractivity contribution in [2.24, 2.45) is 11.7 Å². The van der Waals surface area contributed by atoms with E-state index in [0.717, 1.165) is 42.6 Å². The summed E-state index contributed by atoms with van der Waals surface area (Å²) in [6.45, 7) is 1.88. The van der Waals surface area contributed by atoms with Crippen LogP contribution in [0.25, 0.3) is 5.69 Å². The van der Waals surface area contributed by atoms with Gasteiger partial charge in [-0.1, -0.05) is 12.8 Å². The summed E-state index contributed by atoms with van der Waals surface area (Å²) in [7, 11) is 0. The monoisotopic (exact) mass is 366 g/mol. The normalized spacial score (nSPS) is 23.7. The molecule has 26 heavy (non-hydrogen) atoms. The molecule has 0 saturated heterocycles. The Morgan fingerprint density at radius 3 is 2.58 bits per heavy atom. The number of amides is 1. The summed E-state index contributed by atoms with van der Waals surface area (Å²) < 4.78 is 39.7. The van der Waals surface area contributed by atoms with E-state index in [-0.39, 0.29) is 17.5 Å². The molecule has 140 valence electrons. The molecule has 0 radical (unpaired) electrons. The SMILES string of the molecule is CC1(N)CCCCC1C(=O)Nc1ccc(-n2nccc2C(F)(F)F)cc1. The van der Waals surface area contributed by atoms with Gasteiger partial charge in [-0.3, -0.25) is 4.79 Å². The first-order valence-electron chi connectivity index (χ1n) is 8.50. The third kappa shape index (κ3) is 3.75. The topological polar surface area (TPSA) is 72.9 Å². The first kappa shape index (κ1) is 18.4. The van der Waals surface area contributed by atoms with Crippen LogP contribution in [0, 0.1) is 5.92 Å². The molecule has 0 spiro atoms. The van der Waals surface area contributed by atoms with Gasteiger partial charge in [-0.2, -0.15) is 18.3 Å². The van der Waals surface area contributed by atoms with Crippen LogP contribution in [0.4, 0.5) is 18.9 Å². The van der Waals surface area contributed by atoms with Gasteiger partial charge in [-0.15, -0.1) is 0 Å². The summed E-state index contributed by atoms with van der Waals surface area (Å²) in [4.78, 5) is 12.5. The van der Waals surface area contributed by atoms with Gasteiger partial charge in [0.05, 0.1) is 17.8 Å². The lowest BCUT2D eigenvalue weighted by molar-refractivity contribution is -0.142. The average Bonchev–Trinajstić information content (AvgIpc) is 3.05. The molecule has 8 heteroatoms. The zero-order valence-corrected chi connectivity index (χ0v) is 14.4. The highest BCUT2D eigenvalue weighted by Crippen LogP contribution is 2.33. The van der Waals surface area contributed by atoms with Crippen molar-refractivity contribution >= 4 is 11.6 Å². The van der Waals surface area contributed by atoms with Gasteiger partial charge in [-0.25, -0.2) is 4.68 Å². The van der Waals surface area contributed by atoms with E-state index < -0.39 is 17.4 Å². The molecule has 3 rings (SSSR count). The Labute approximate surface area is 149 Å². The van der Waals surface area contributed by atoms with E-state index in [1.165, 1.54) is 12.1 Å². The number of alkyl halides is 3. The van der Waals surface area contributed by atoms with Crippen molar-refractivity contribution in [1.29, 1.82) is 0 Å². The zero-order chi connectivity index (χ0) is 18.9. The number of hydrogen-bond acceptors (Lipinski definition) is 3. The van der Waals surface area contributed by atoms with Crippen molar-refractivity contribution in [3.8, 4) is 5.69 Å². The number of anilines is 1. The van der Waals surface area contributed by atoms with E-state index in [1.54, 1.807) is 12.1 Å². The van der Waals surface area contributed by atoms with Crippen LogP contribution < -0.4 is 11.1 Å². The van der Waals surface area contributed by atoms with Crippen LogP contribution in [0.5, 0.6) is 0 Å². The van der Waals surface area contributed by atoms with Gasteiger partial charge in [0.2, 0.25) is 5.91 Å². The van der Waals surface area contributed by atoms with E-state index >= 15 is 0 Å². The molecule has 5 nitrogen and oxygen atoms in total. The zero-order valence-electron chi connectivity index (χ0n) is 14.4. The number of carbonyl (C=O) groups excluding carboxylic acids is 1. The van der Waals surface area contributed by atoms with Crippen LogP contribution in [-0.4, -0.2) is 21.2 Å². The van der Waals surface area contributed by atoms with Crippen LogP contribution in [-0.2, 0) is 11.0 Å². The number of aromatic nitrogens is 2. The number of nitrogens with zero attached hydrogens (tertiary/aromatic N) is 2. The van der Waals surface area contributed by atoms with Crippen molar-refractivity contribution in [3.05, 3.63) is 42.2 Å². The number of carbonyl (C=O) groups is 1. The number of benzene rings is 1. The van der Waals surface area contributed by atoms with E-state index in [0.29, 0.717) is 5.69 Å². The fourth-order valence-electron chi connectivity index (χ4n) is 3.43. The second-order valence-electron chi connectivity index (χ2n) is 6.97. The van der Waals surface area contributed by atoms with E-state index in [4.69, 9.17) is 5.73 Å². The Kier molecular flexibility index (Phi) is 4.79. The van der Waals surface area contributed by atoms with Crippen LogP contribution in [0.2, 0.25) is 0 Å². The minimum atomic E-state index is -4.49. The smallest absolute Gasteiger partial charge is 0.326 e. The first-order chi connectivity index (χ1) is 12.2. The lowest BCUT2D eigenvalue weighted by Gasteiger charge is -2.37. The summed E-state index contributed by atoms with van der Waals surface area (Å²) in [6.07, 6.45) is 0.114. The summed E-state index contributed by atoms with van der Waals surface area (Å²) in [6, 6.07) is 7.01. The van der Waals surface area contributed by atoms with Crippen molar-refractivity contribution in [2.75, 3.05) is 5.32 Å². The summed E-state index contributed by atoms with van der Waals surface area (Å²) in [5.74, 6) is -0.434. The molecule has 2 unspecified atom stereocenters. The lowest BCUT2D eigenvalue weighted by atomic mass is 9.74. The maximum atomic E-state index is 13.0. The second kappa shape index (κ2) is 6.75.